The zero-order valence-corrected chi connectivity index (χ0v) is 14.3. The molecule has 0 aliphatic heterocycles. The monoisotopic (exact) mass is 346 g/mol. The number of aldehydes is 1. The van der Waals surface area contributed by atoms with Crippen molar-refractivity contribution in [3.8, 4) is 22.9 Å². The Morgan fingerprint density at radius 2 is 2.04 bits per heavy atom. The Morgan fingerprint density at radius 1 is 1.19 bits per heavy atom. The zero-order chi connectivity index (χ0) is 18.5. The van der Waals surface area contributed by atoms with Gasteiger partial charge in [0.2, 0.25) is 0 Å². The van der Waals surface area contributed by atoms with Gasteiger partial charge < -0.3 is 9.84 Å². The summed E-state index contributed by atoms with van der Waals surface area (Å²) in [6, 6.07) is 12.4. The van der Waals surface area contributed by atoms with Crippen molar-refractivity contribution < 1.29 is 14.6 Å². The largest absolute Gasteiger partial charge is 0.507 e. The number of carbonyl (C=O) groups excluding carboxylic acids is 1. The fourth-order valence-electron chi connectivity index (χ4n) is 2.60. The van der Waals surface area contributed by atoms with E-state index in [0.29, 0.717) is 28.4 Å². The SMILES string of the molecule is C=Cc1c(O)cccc1OCc1cccnc1-c1ccc(C)c(C=O)n1. The fraction of sp³-hybridized carbons (Fsp3) is 0.0952. The Balaban J connectivity index is 1.93. The summed E-state index contributed by atoms with van der Waals surface area (Å²) in [6.07, 6.45) is 3.96. The van der Waals surface area contributed by atoms with Gasteiger partial charge in [-0.05, 0) is 36.8 Å². The van der Waals surface area contributed by atoms with E-state index in [1.807, 2.05) is 31.2 Å². The van der Waals surface area contributed by atoms with Gasteiger partial charge in [-0.2, -0.15) is 0 Å². The topological polar surface area (TPSA) is 72.3 Å². The van der Waals surface area contributed by atoms with E-state index < -0.39 is 0 Å². The minimum atomic E-state index is 0.111. The third-order valence-corrected chi connectivity index (χ3v) is 4.01. The number of hydrogen-bond acceptors (Lipinski definition) is 5. The van der Waals surface area contributed by atoms with Crippen LogP contribution in [0.4, 0.5) is 0 Å². The molecule has 3 rings (SSSR count). The fourth-order valence-corrected chi connectivity index (χ4v) is 2.60. The van der Waals surface area contributed by atoms with E-state index in [9.17, 15) is 9.90 Å². The summed E-state index contributed by atoms with van der Waals surface area (Å²) in [7, 11) is 0. The highest BCUT2D eigenvalue weighted by Crippen LogP contribution is 2.30. The summed E-state index contributed by atoms with van der Waals surface area (Å²) >= 11 is 0. The molecule has 0 radical (unpaired) electrons. The molecule has 0 fully saturated rings. The van der Waals surface area contributed by atoms with Crippen LogP contribution in [0.2, 0.25) is 0 Å². The number of phenolic OH excluding ortho intramolecular Hbond substituents is 1. The molecule has 0 spiro atoms. The number of pyridine rings is 2. The highest BCUT2D eigenvalue weighted by Gasteiger charge is 2.12. The van der Waals surface area contributed by atoms with Crippen molar-refractivity contribution in [2.24, 2.45) is 0 Å². The van der Waals surface area contributed by atoms with Crippen LogP contribution in [0.3, 0.4) is 0 Å². The molecular weight excluding hydrogens is 328 g/mol. The van der Waals surface area contributed by atoms with Gasteiger partial charge in [0.1, 0.15) is 23.8 Å². The molecule has 5 heteroatoms. The molecule has 0 amide bonds. The molecule has 0 bridgehead atoms. The number of aryl methyl sites for hydroxylation is 1. The number of ether oxygens (including phenoxy) is 1. The molecule has 0 aliphatic rings. The van der Waals surface area contributed by atoms with Gasteiger partial charge in [0.05, 0.1) is 17.0 Å². The number of phenols is 1. The number of nitrogens with zero attached hydrogens (tertiary/aromatic N) is 2. The quantitative estimate of drug-likeness (QED) is 0.678. The van der Waals surface area contributed by atoms with Crippen LogP contribution in [0.15, 0.2) is 55.2 Å². The van der Waals surface area contributed by atoms with Crippen molar-refractivity contribution in [2.45, 2.75) is 13.5 Å². The minimum absolute atomic E-state index is 0.111. The second kappa shape index (κ2) is 7.61. The van der Waals surface area contributed by atoms with Crippen LogP contribution in [-0.4, -0.2) is 21.4 Å². The molecule has 1 N–H and O–H groups in total. The molecule has 0 saturated carbocycles. The van der Waals surface area contributed by atoms with Crippen LogP contribution in [-0.2, 0) is 6.61 Å². The Kier molecular flexibility index (Phi) is 5.08. The summed E-state index contributed by atoms with van der Waals surface area (Å²) < 4.78 is 5.87. The van der Waals surface area contributed by atoms with E-state index >= 15 is 0 Å². The maximum Gasteiger partial charge on any atom is 0.168 e. The van der Waals surface area contributed by atoms with Gasteiger partial charge in [-0.1, -0.05) is 30.9 Å². The molecule has 1 aromatic carbocycles. The van der Waals surface area contributed by atoms with Gasteiger partial charge >= 0.3 is 0 Å². The van der Waals surface area contributed by atoms with E-state index in [2.05, 4.69) is 16.5 Å². The first-order valence-electron chi connectivity index (χ1n) is 8.08. The minimum Gasteiger partial charge on any atom is -0.507 e. The van der Waals surface area contributed by atoms with Crippen molar-refractivity contribution in [1.29, 1.82) is 0 Å². The number of rotatable bonds is 6. The molecule has 26 heavy (non-hydrogen) atoms. The molecule has 130 valence electrons. The predicted molar refractivity (Wildman–Crippen MR) is 100 cm³/mol. The number of benzene rings is 1. The molecule has 0 unspecified atom stereocenters. The molecule has 0 atom stereocenters. The van der Waals surface area contributed by atoms with Gasteiger partial charge in [-0.15, -0.1) is 0 Å². The van der Waals surface area contributed by atoms with E-state index in [1.165, 1.54) is 0 Å². The molecule has 0 saturated heterocycles. The summed E-state index contributed by atoms with van der Waals surface area (Å²) in [5.41, 5.74) is 3.82. The van der Waals surface area contributed by atoms with E-state index in [1.54, 1.807) is 30.5 Å². The summed E-state index contributed by atoms with van der Waals surface area (Å²) in [4.78, 5) is 19.9. The maximum atomic E-state index is 11.2. The number of hydrogen-bond donors (Lipinski definition) is 1. The van der Waals surface area contributed by atoms with Crippen LogP contribution in [0.5, 0.6) is 11.5 Å². The number of carbonyl (C=O) groups is 1. The first-order chi connectivity index (χ1) is 12.6. The van der Waals surface area contributed by atoms with Crippen molar-refractivity contribution in [3.05, 3.63) is 77.6 Å². The van der Waals surface area contributed by atoms with Crippen LogP contribution in [0.1, 0.15) is 27.2 Å². The normalized spacial score (nSPS) is 10.3. The van der Waals surface area contributed by atoms with Gasteiger partial charge in [-0.25, -0.2) is 4.98 Å². The molecule has 2 aromatic heterocycles. The lowest BCUT2D eigenvalue weighted by atomic mass is 10.1. The van der Waals surface area contributed by atoms with E-state index in [0.717, 1.165) is 17.4 Å². The lowest BCUT2D eigenvalue weighted by Crippen LogP contribution is -2.03. The molecule has 2 heterocycles. The second-order valence-electron chi connectivity index (χ2n) is 5.71. The van der Waals surface area contributed by atoms with Crippen molar-refractivity contribution in [2.75, 3.05) is 0 Å². The highest BCUT2D eigenvalue weighted by molar-refractivity contribution is 5.76. The third-order valence-electron chi connectivity index (χ3n) is 4.01. The summed E-state index contributed by atoms with van der Waals surface area (Å²) in [5, 5.41) is 9.90. The molecule has 5 nitrogen and oxygen atoms in total. The van der Waals surface area contributed by atoms with Crippen LogP contribution < -0.4 is 4.74 Å². The predicted octanol–water partition coefficient (Wildman–Crippen LogP) is 4.19. The average molecular weight is 346 g/mol. The Labute approximate surface area is 151 Å². The Morgan fingerprint density at radius 3 is 2.81 bits per heavy atom. The lowest BCUT2D eigenvalue weighted by molar-refractivity contribution is 0.111. The van der Waals surface area contributed by atoms with Crippen LogP contribution >= 0.6 is 0 Å². The van der Waals surface area contributed by atoms with Crippen molar-refractivity contribution in [3.63, 3.8) is 0 Å². The summed E-state index contributed by atoms with van der Waals surface area (Å²) in [5.74, 6) is 0.639. The Hall–Kier alpha value is -3.47. The zero-order valence-electron chi connectivity index (χ0n) is 14.3. The average Bonchev–Trinajstić information content (AvgIpc) is 2.67. The number of aromatic hydroxyl groups is 1. The van der Waals surface area contributed by atoms with Crippen LogP contribution in [0, 0.1) is 6.92 Å². The lowest BCUT2D eigenvalue weighted by Gasteiger charge is -2.13. The molecule has 3 aromatic rings. The van der Waals surface area contributed by atoms with Gasteiger partial charge in [0, 0.05) is 11.8 Å². The van der Waals surface area contributed by atoms with Gasteiger partial charge in [-0.3, -0.25) is 9.78 Å². The maximum absolute atomic E-state index is 11.2. The molecular formula is C21H18N2O3. The van der Waals surface area contributed by atoms with E-state index in [4.69, 9.17) is 4.74 Å². The first-order valence-corrected chi connectivity index (χ1v) is 8.08. The standard InChI is InChI=1S/C21H18N2O3/c1-3-16-19(25)7-4-8-20(16)26-13-15-6-5-11-22-21(15)17-10-9-14(2)18(12-24)23-17/h3-12,25H,1,13H2,2H3. The smallest absolute Gasteiger partial charge is 0.168 e. The van der Waals surface area contributed by atoms with Crippen molar-refractivity contribution >= 4 is 12.4 Å². The third kappa shape index (κ3) is 3.47. The Bertz CT molecular complexity index is 967. The van der Waals surface area contributed by atoms with Gasteiger partial charge in [0.15, 0.2) is 6.29 Å². The first kappa shape index (κ1) is 17.4. The van der Waals surface area contributed by atoms with Crippen LogP contribution in [0.25, 0.3) is 17.5 Å². The summed E-state index contributed by atoms with van der Waals surface area (Å²) in [6.45, 7) is 5.78. The highest BCUT2D eigenvalue weighted by atomic mass is 16.5. The van der Waals surface area contributed by atoms with Gasteiger partial charge in [0.25, 0.3) is 0 Å². The molecule has 0 aliphatic carbocycles. The second-order valence-corrected chi connectivity index (χ2v) is 5.71. The number of aromatic nitrogens is 2. The van der Waals surface area contributed by atoms with Crippen molar-refractivity contribution in [1.82, 2.24) is 9.97 Å². The van der Waals surface area contributed by atoms with E-state index in [-0.39, 0.29) is 12.4 Å².